The van der Waals surface area contributed by atoms with Gasteiger partial charge in [-0.15, -0.1) is 0 Å². The van der Waals surface area contributed by atoms with Gasteiger partial charge < -0.3 is 13.6 Å². The first-order valence-corrected chi connectivity index (χ1v) is 22.4. The van der Waals surface area contributed by atoms with Crippen LogP contribution in [0.15, 0.2) is 132 Å². The molecule has 0 unspecified atom stereocenters. The van der Waals surface area contributed by atoms with E-state index in [4.69, 9.17) is 11.0 Å². The van der Waals surface area contributed by atoms with Gasteiger partial charge in [0, 0.05) is 37.9 Å². The number of benzene rings is 7. The Bertz CT molecular complexity index is 3390. The molecule has 0 aliphatic carbocycles. The molecule has 0 fully saturated rings. The molecular weight excluding hydrogens is 767 g/mol. The Balaban J connectivity index is 1.41. The summed E-state index contributed by atoms with van der Waals surface area (Å²) in [6, 6.07) is 46.9. The molecule has 4 heteroatoms. The minimum Gasteiger partial charge on any atom is -0.466 e. The quantitative estimate of drug-likeness (QED) is 0.163. The second kappa shape index (κ2) is 13.7. The average molecular weight is 824 g/mol. The van der Waals surface area contributed by atoms with E-state index in [9.17, 15) is 0 Å². The van der Waals surface area contributed by atoms with Crippen LogP contribution in [0.2, 0.25) is 0 Å². The second-order valence-electron chi connectivity index (χ2n) is 21.8. The molecule has 4 nitrogen and oxygen atoms in total. The summed E-state index contributed by atoms with van der Waals surface area (Å²) in [6.07, 6.45) is 0. The smallest absolute Gasteiger partial charge is 0.252 e. The zero-order chi connectivity index (χ0) is 44.5. The number of furan rings is 1. The molecule has 0 radical (unpaired) electrons. The Morgan fingerprint density at radius 3 is 1.22 bits per heavy atom. The Morgan fingerprint density at radius 2 is 0.825 bits per heavy atom. The lowest BCUT2D eigenvalue weighted by Crippen LogP contribution is -2.10. The topological polar surface area (TPSA) is 27.4 Å². The molecule has 0 N–H and O–H groups in total. The molecule has 10 rings (SSSR count). The molecule has 7 aromatic carbocycles. The average Bonchev–Trinajstić information content (AvgIpc) is 3.89. The van der Waals surface area contributed by atoms with Gasteiger partial charge in [-0.25, -0.2) is 4.85 Å². The van der Waals surface area contributed by atoms with Crippen LogP contribution < -0.4 is 0 Å². The first-order valence-electron chi connectivity index (χ1n) is 22.4. The van der Waals surface area contributed by atoms with Crippen molar-refractivity contribution in [3.63, 3.8) is 0 Å². The van der Waals surface area contributed by atoms with Gasteiger partial charge >= 0.3 is 0 Å². The van der Waals surface area contributed by atoms with Gasteiger partial charge in [0.2, 0.25) is 0 Å². The monoisotopic (exact) mass is 823 g/mol. The summed E-state index contributed by atoms with van der Waals surface area (Å²) < 4.78 is 12.0. The Kier molecular flexibility index (Phi) is 8.82. The van der Waals surface area contributed by atoms with Crippen molar-refractivity contribution in [2.75, 3.05) is 0 Å². The van der Waals surface area contributed by atoms with Gasteiger partial charge in [-0.3, -0.25) is 0 Å². The summed E-state index contributed by atoms with van der Waals surface area (Å²) in [5.41, 5.74) is 15.1. The van der Waals surface area contributed by atoms with E-state index < -0.39 is 0 Å². The van der Waals surface area contributed by atoms with Crippen LogP contribution in [0.4, 0.5) is 5.69 Å². The summed E-state index contributed by atoms with van der Waals surface area (Å²) in [5, 5.41) is 6.70. The predicted octanol–water partition coefficient (Wildman–Crippen LogP) is 17.2. The van der Waals surface area contributed by atoms with Crippen LogP contribution in [0, 0.1) is 6.57 Å². The van der Waals surface area contributed by atoms with Gasteiger partial charge in [0.1, 0.15) is 11.2 Å². The highest BCUT2D eigenvalue weighted by molar-refractivity contribution is 6.20. The van der Waals surface area contributed by atoms with E-state index in [-0.39, 0.29) is 21.7 Å². The standard InChI is InChI=1S/C59H57N3O/c1-56(2,3)36-22-26-46-42(30-36)43-31-37(57(4,5)6)23-27-47(43)61(46)50-34-51(53(60-13)55-52(50)41-21-17-20-40(54(41)63-55)35-18-15-14-16-19-35)62-48-28-24-38(58(7,8)9)32-44(48)45-33-39(59(10,11)12)25-29-49(45)62/h14-34H,1-12H3. The molecule has 0 amide bonds. The fraction of sp³-hybridized carbons (Fsp3) is 0.271. The maximum atomic E-state index is 9.02. The summed E-state index contributed by atoms with van der Waals surface area (Å²) in [7, 11) is 0. The molecular formula is C59H57N3O. The third-order valence-electron chi connectivity index (χ3n) is 13.4. The van der Waals surface area contributed by atoms with E-state index in [1.165, 1.54) is 43.8 Å². The lowest BCUT2D eigenvalue weighted by Gasteiger charge is -2.20. The van der Waals surface area contributed by atoms with Crippen molar-refractivity contribution < 1.29 is 4.42 Å². The molecule has 0 saturated carbocycles. The highest BCUT2D eigenvalue weighted by Crippen LogP contribution is 2.49. The normalized spacial score (nSPS) is 13.1. The van der Waals surface area contributed by atoms with Gasteiger partial charge in [0.25, 0.3) is 5.69 Å². The summed E-state index contributed by atoms with van der Waals surface area (Å²) in [4.78, 5) is 4.43. The fourth-order valence-electron chi connectivity index (χ4n) is 9.66. The summed E-state index contributed by atoms with van der Waals surface area (Å²) >= 11 is 0. The minimum absolute atomic E-state index is 0.0349. The van der Waals surface area contributed by atoms with E-state index in [0.29, 0.717) is 11.3 Å². The first-order chi connectivity index (χ1) is 29.7. The van der Waals surface area contributed by atoms with Crippen molar-refractivity contribution in [1.29, 1.82) is 0 Å². The zero-order valence-corrected chi connectivity index (χ0v) is 38.9. The molecule has 314 valence electrons. The van der Waals surface area contributed by atoms with Crippen LogP contribution in [-0.4, -0.2) is 9.13 Å². The number of nitrogens with zero attached hydrogens (tertiary/aromatic N) is 3. The van der Waals surface area contributed by atoms with Crippen molar-refractivity contribution in [3.8, 4) is 22.5 Å². The lowest BCUT2D eigenvalue weighted by atomic mass is 9.85. The van der Waals surface area contributed by atoms with Crippen LogP contribution in [0.1, 0.15) is 105 Å². The van der Waals surface area contributed by atoms with Gasteiger partial charge in [0.05, 0.1) is 40.0 Å². The maximum absolute atomic E-state index is 9.02. The number of para-hydroxylation sites is 1. The molecule has 0 aliphatic rings. The van der Waals surface area contributed by atoms with Crippen molar-refractivity contribution in [2.45, 2.75) is 105 Å². The highest BCUT2D eigenvalue weighted by atomic mass is 16.3. The molecule has 0 saturated heterocycles. The second-order valence-corrected chi connectivity index (χ2v) is 21.8. The van der Waals surface area contributed by atoms with Crippen LogP contribution in [0.3, 0.4) is 0 Å². The molecule has 10 aromatic rings. The van der Waals surface area contributed by atoms with E-state index in [0.717, 1.165) is 60.9 Å². The van der Waals surface area contributed by atoms with Crippen molar-refractivity contribution in [3.05, 3.63) is 161 Å². The van der Waals surface area contributed by atoms with E-state index >= 15 is 0 Å². The predicted molar refractivity (Wildman–Crippen MR) is 269 cm³/mol. The van der Waals surface area contributed by atoms with Crippen molar-refractivity contribution in [2.24, 2.45) is 0 Å². The number of hydrogen-bond donors (Lipinski definition) is 0. The Hall–Kier alpha value is -6.57. The molecule has 0 aliphatic heterocycles. The molecule has 0 spiro atoms. The van der Waals surface area contributed by atoms with E-state index in [2.05, 4.69) is 218 Å². The molecule has 3 aromatic heterocycles. The molecule has 63 heavy (non-hydrogen) atoms. The lowest BCUT2D eigenvalue weighted by molar-refractivity contribution is 0.590. The van der Waals surface area contributed by atoms with Crippen LogP contribution in [0.5, 0.6) is 0 Å². The summed E-state index contributed by atoms with van der Waals surface area (Å²) in [6.45, 7) is 36.4. The van der Waals surface area contributed by atoms with Crippen LogP contribution in [0.25, 0.3) is 92.9 Å². The van der Waals surface area contributed by atoms with Gasteiger partial charge in [-0.1, -0.05) is 156 Å². The number of hydrogen-bond acceptors (Lipinski definition) is 1. The first kappa shape index (κ1) is 40.5. The molecule has 0 atom stereocenters. The maximum Gasteiger partial charge on any atom is 0.252 e. The SMILES string of the molecule is [C-]#[N+]c1c(-n2c3ccc(C(C)(C)C)cc3c3cc(C(C)(C)C)ccc32)cc(-n2c3ccc(C(C)(C)C)cc3c3cc(C(C)(C)C)ccc32)c2c1oc1c(-c3ccccc3)cccc12. The largest absolute Gasteiger partial charge is 0.466 e. The van der Waals surface area contributed by atoms with E-state index in [1.807, 2.05) is 6.07 Å². The summed E-state index contributed by atoms with van der Waals surface area (Å²) in [5.74, 6) is 0. The van der Waals surface area contributed by atoms with Crippen molar-refractivity contribution >= 4 is 71.2 Å². The Labute approximate surface area is 371 Å². The molecule has 0 bridgehead atoms. The Morgan fingerprint density at radius 1 is 0.413 bits per heavy atom. The number of rotatable bonds is 3. The third kappa shape index (κ3) is 6.38. The molecule has 3 heterocycles. The fourth-order valence-corrected chi connectivity index (χ4v) is 9.66. The van der Waals surface area contributed by atoms with E-state index in [1.54, 1.807) is 0 Å². The number of fused-ring (bicyclic) bond motifs is 9. The highest BCUT2D eigenvalue weighted by Gasteiger charge is 2.29. The van der Waals surface area contributed by atoms with Gasteiger partial charge in [-0.2, -0.15) is 0 Å². The van der Waals surface area contributed by atoms with Crippen LogP contribution >= 0.6 is 0 Å². The van der Waals surface area contributed by atoms with Crippen molar-refractivity contribution in [1.82, 2.24) is 9.13 Å². The minimum atomic E-state index is -0.0427. The third-order valence-corrected chi connectivity index (χ3v) is 13.4. The van der Waals surface area contributed by atoms with Crippen LogP contribution in [-0.2, 0) is 21.7 Å². The number of aromatic nitrogens is 2. The van der Waals surface area contributed by atoms with Gasteiger partial charge in [0.15, 0.2) is 0 Å². The van der Waals surface area contributed by atoms with Gasteiger partial charge in [-0.05, 0) is 104 Å². The zero-order valence-electron chi connectivity index (χ0n) is 38.9.